The van der Waals surface area contributed by atoms with E-state index in [0.29, 0.717) is 0 Å². The molecule has 1 atom stereocenters. The number of anilines is 1. The van der Waals surface area contributed by atoms with E-state index in [2.05, 4.69) is 36.4 Å². The molecule has 122 valence electrons. The van der Waals surface area contributed by atoms with Gasteiger partial charge in [0.05, 0.1) is 0 Å². The van der Waals surface area contributed by atoms with Gasteiger partial charge in [0.2, 0.25) is 5.91 Å². The summed E-state index contributed by atoms with van der Waals surface area (Å²) in [5, 5.41) is 2.76. The average molecular weight is 312 g/mol. The van der Waals surface area contributed by atoms with Gasteiger partial charge in [-0.2, -0.15) is 0 Å². The number of hydrogen-bond donors (Lipinski definition) is 1. The van der Waals surface area contributed by atoms with Crippen LogP contribution in [0.5, 0.6) is 5.75 Å². The monoisotopic (exact) mass is 312 g/mol. The largest absolute Gasteiger partial charge is 0.486 e. The summed E-state index contributed by atoms with van der Waals surface area (Å²) in [6, 6.07) is 17.7. The highest BCUT2D eigenvalue weighted by Gasteiger charge is 2.13. The van der Waals surface area contributed by atoms with Crippen LogP contribution < -0.4 is 10.1 Å². The topological polar surface area (TPSA) is 41.6 Å². The van der Waals surface area contributed by atoms with E-state index in [1.54, 1.807) is 0 Å². The predicted octanol–water partition coefficient (Wildman–Crippen LogP) is 3.72. The molecule has 0 aliphatic rings. The van der Waals surface area contributed by atoms with Crippen molar-refractivity contribution >= 4 is 11.6 Å². The van der Waals surface area contributed by atoms with E-state index >= 15 is 0 Å². The standard InChI is InChI=1S/C19H24N2O2/c1-15(22)20-17-9-11-18(12-10-17)23-19(13-14-21(2)3)16-7-5-4-6-8-16/h4-12,19H,13-14H2,1-3H3,(H,20,22). The highest BCUT2D eigenvalue weighted by Crippen LogP contribution is 2.26. The molecule has 2 aromatic carbocycles. The van der Waals surface area contributed by atoms with Crippen molar-refractivity contribution < 1.29 is 9.53 Å². The Bertz CT molecular complexity index is 609. The molecule has 0 heterocycles. The second-order valence-corrected chi connectivity index (χ2v) is 5.81. The van der Waals surface area contributed by atoms with Crippen molar-refractivity contribution in [2.75, 3.05) is 26.0 Å². The number of amides is 1. The molecule has 0 aliphatic heterocycles. The van der Waals surface area contributed by atoms with Crippen LogP contribution in [0.25, 0.3) is 0 Å². The van der Waals surface area contributed by atoms with E-state index in [1.807, 2.05) is 42.5 Å². The number of hydrogen-bond acceptors (Lipinski definition) is 3. The lowest BCUT2D eigenvalue weighted by Crippen LogP contribution is -2.18. The predicted molar refractivity (Wildman–Crippen MR) is 93.7 cm³/mol. The lowest BCUT2D eigenvalue weighted by molar-refractivity contribution is -0.114. The van der Waals surface area contributed by atoms with Gasteiger partial charge in [-0.25, -0.2) is 0 Å². The van der Waals surface area contributed by atoms with Crippen molar-refractivity contribution in [2.45, 2.75) is 19.4 Å². The smallest absolute Gasteiger partial charge is 0.221 e. The Morgan fingerprint density at radius 2 is 1.74 bits per heavy atom. The van der Waals surface area contributed by atoms with Gasteiger partial charge in [0, 0.05) is 25.6 Å². The molecule has 0 bridgehead atoms. The zero-order valence-corrected chi connectivity index (χ0v) is 14.0. The Morgan fingerprint density at radius 3 is 2.30 bits per heavy atom. The van der Waals surface area contributed by atoms with Gasteiger partial charge < -0.3 is 15.0 Å². The van der Waals surface area contributed by atoms with E-state index in [4.69, 9.17) is 4.74 Å². The van der Waals surface area contributed by atoms with Crippen LogP contribution in [0, 0.1) is 0 Å². The molecule has 4 nitrogen and oxygen atoms in total. The molecule has 0 aromatic heterocycles. The first-order valence-corrected chi connectivity index (χ1v) is 7.78. The summed E-state index contributed by atoms with van der Waals surface area (Å²) < 4.78 is 6.17. The molecule has 1 amide bonds. The highest BCUT2D eigenvalue weighted by atomic mass is 16.5. The third kappa shape index (κ3) is 5.75. The minimum atomic E-state index is -0.0770. The SMILES string of the molecule is CC(=O)Nc1ccc(OC(CCN(C)C)c2ccccc2)cc1. The van der Waals surface area contributed by atoms with Gasteiger partial charge in [-0.3, -0.25) is 4.79 Å². The summed E-state index contributed by atoms with van der Waals surface area (Å²) >= 11 is 0. The fourth-order valence-electron chi connectivity index (χ4n) is 2.32. The van der Waals surface area contributed by atoms with Crippen molar-refractivity contribution in [2.24, 2.45) is 0 Å². The lowest BCUT2D eigenvalue weighted by atomic mass is 10.1. The van der Waals surface area contributed by atoms with Gasteiger partial charge in [0.1, 0.15) is 11.9 Å². The molecule has 0 fully saturated rings. The molecule has 2 aromatic rings. The Labute approximate surface area is 138 Å². The van der Waals surface area contributed by atoms with Crippen molar-refractivity contribution in [1.29, 1.82) is 0 Å². The molecule has 0 radical (unpaired) electrons. The van der Waals surface area contributed by atoms with E-state index in [1.165, 1.54) is 12.5 Å². The number of benzene rings is 2. The maximum absolute atomic E-state index is 11.1. The summed E-state index contributed by atoms with van der Waals surface area (Å²) in [7, 11) is 4.12. The highest BCUT2D eigenvalue weighted by molar-refractivity contribution is 5.88. The van der Waals surface area contributed by atoms with Crippen LogP contribution in [0.1, 0.15) is 25.0 Å². The number of rotatable bonds is 7. The van der Waals surface area contributed by atoms with E-state index in [-0.39, 0.29) is 12.0 Å². The average Bonchev–Trinajstić information content (AvgIpc) is 2.53. The van der Waals surface area contributed by atoms with Crippen LogP contribution in [-0.4, -0.2) is 31.4 Å². The maximum Gasteiger partial charge on any atom is 0.221 e. The molecule has 4 heteroatoms. The normalized spacial score (nSPS) is 12.0. The van der Waals surface area contributed by atoms with E-state index in [0.717, 1.165) is 24.4 Å². The molecule has 0 spiro atoms. The first-order valence-electron chi connectivity index (χ1n) is 7.78. The third-order valence-corrected chi connectivity index (χ3v) is 3.46. The molecule has 1 unspecified atom stereocenters. The molecule has 2 rings (SSSR count). The Hall–Kier alpha value is -2.33. The number of nitrogens with one attached hydrogen (secondary N) is 1. The summed E-state index contributed by atoms with van der Waals surface area (Å²) in [5.41, 5.74) is 1.94. The first-order chi connectivity index (χ1) is 11.0. The number of ether oxygens (including phenoxy) is 1. The Balaban J connectivity index is 2.09. The zero-order valence-electron chi connectivity index (χ0n) is 14.0. The maximum atomic E-state index is 11.1. The van der Waals surface area contributed by atoms with Crippen LogP contribution in [-0.2, 0) is 4.79 Å². The van der Waals surface area contributed by atoms with Gasteiger partial charge >= 0.3 is 0 Å². The quantitative estimate of drug-likeness (QED) is 0.847. The second kappa shape index (κ2) is 8.34. The van der Waals surface area contributed by atoms with Crippen LogP contribution >= 0.6 is 0 Å². The van der Waals surface area contributed by atoms with Crippen LogP contribution in [0.15, 0.2) is 54.6 Å². The van der Waals surface area contributed by atoms with Gasteiger partial charge in [-0.15, -0.1) is 0 Å². The molecule has 0 saturated carbocycles. The molecular formula is C19H24N2O2. The minimum absolute atomic E-state index is 0.00483. The number of nitrogens with zero attached hydrogens (tertiary/aromatic N) is 1. The summed E-state index contributed by atoms with van der Waals surface area (Å²) in [5.74, 6) is 0.721. The fraction of sp³-hybridized carbons (Fsp3) is 0.316. The fourth-order valence-corrected chi connectivity index (χ4v) is 2.32. The van der Waals surface area contributed by atoms with Crippen LogP contribution in [0.2, 0.25) is 0 Å². The summed E-state index contributed by atoms with van der Waals surface area (Å²) in [6.45, 7) is 2.45. The summed E-state index contributed by atoms with van der Waals surface area (Å²) in [6.07, 6.45) is 0.912. The first kappa shape index (κ1) is 17.0. The molecule has 0 saturated heterocycles. The molecule has 0 aliphatic carbocycles. The molecule has 23 heavy (non-hydrogen) atoms. The zero-order chi connectivity index (χ0) is 16.7. The van der Waals surface area contributed by atoms with Gasteiger partial charge in [-0.1, -0.05) is 30.3 Å². The number of carbonyl (C=O) groups is 1. The Kier molecular flexibility index (Phi) is 6.18. The number of carbonyl (C=O) groups excluding carboxylic acids is 1. The van der Waals surface area contributed by atoms with Gasteiger partial charge in [0.15, 0.2) is 0 Å². The molecule has 1 N–H and O–H groups in total. The van der Waals surface area contributed by atoms with E-state index in [9.17, 15) is 4.79 Å². The van der Waals surface area contributed by atoms with Crippen molar-refractivity contribution in [1.82, 2.24) is 4.90 Å². The lowest BCUT2D eigenvalue weighted by Gasteiger charge is -2.21. The Morgan fingerprint density at radius 1 is 1.09 bits per heavy atom. The van der Waals surface area contributed by atoms with Gasteiger partial charge in [0.25, 0.3) is 0 Å². The van der Waals surface area contributed by atoms with Crippen molar-refractivity contribution in [3.63, 3.8) is 0 Å². The van der Waals surface area contributed by atoms with Crippen LogP contribution in [0.4, 0.5) is 5.69 Å². The minimum Gasteiger partial charge on any atom is -0.486 e. The third-order valence-electron chi connectivity index (χ3n) is 3.46. The molecular weight excluding hydrogens is 288 g/mol. The van der Waals surface area contributed by atoms with Gasteiger partial charge in [-0.05, 0) is 43.9 Å². The van der Waals surface area contributed by atoms with Crippen molar-refractivity contribution in [3.8, 4) is 5.75 Å². The summed E-state index contributed by atoms with van der Waals surface area (Å²) in [4.78, 5) is 13.2. The van der Waals surface area contributed by atoms with E-state index < -0.39 is 0 Å². The van der Waals surface area contributed by atoms with Crippen LogP contribution in [0.3, 0.4) is 0 Å². The second-order valence-electron chi connectivity index (χ2n) is 5.81. The van der Waals surface area contributed by atoms with Crippen molar-refractivity contribution in [3.05, 3.63) is 60.2 Å².